The van der Waals surface area contributed by atoms with Crippen LogP contribution in [0.25, 0.3) is 0 Å². The number of benzene rings is 1. The first kappa shape index (κ1) is 12.8. The standard InChI is InChI=1S/C14H20O2/c1-10-5-6-11(2)12(7-10)8-14(3,4)9-13(15)16/h5-7H,8-9H2,1-4H3,(H,15,16). The van der Waals surface area contributed by atoms with Crippen LogP contribution in [0, 0.1) is 19.3 Å². The van der Waals surface area contributed by atoms with E-state index in [-0.39, 0.29) is 11.8 Å². The van der Waals surface area contributed by atoms with Gasteiger partial charge in [0.1, 0.15) is 0 Å². The SMILES string of the molecule is Cc1ccc(C)c(CC(C)(C)CC(=O)O)c1. The molecule has 0 amide bonds. The van der Waals surface area contributed by atoms with Crippen molar-refractivity contribution in [3.8, 4) is 0 Å². The number of rotatable bonds is 4. The molecule has 0 atom stereocenters. The molecule has 2 nitrogen and oxygen atoms in total. The summed E-state index contributed by atoms with van der Waals surface area (Å²) in [6.45, 7) is 8.14. The second-order valence-corrected chi connectivity index (χ2v) is 5.34. The molecule has 1 aromatic carbocycles. The zero-order valence-electron chi connectivity index (χ0n) is 10.5. The molecule has 0 radical (unpaired) electrons. The van der Waals surface area contributed by atoms with E-state index in [0.29, 0.717) is 0 Å². The van der Waals surface area contributed by atoms with E-state index < -0.39 is 5.97 Å². The predicted octanol–water partition coefficient (Wildman–Crippen LogP) is 3.35. The van der Waals surface area contributed by atoms with Gasteiger partial charge in [-0.05, 0) is 36.8 Å². The van der Waals surface area contributed by atoms with Gasteiger partial charge < -0.3 is 5.11 Å². The summed E-state index contributed by atoms with van der Waals surface area (Å²) in [5.74, 6) is -0.727. The van der Waals surface area contributed by atoms with Crippen molar-refractivity contribution in [2.24, 2.45) is 5.41 Å². The fraction of sp³-hybridized carbons (Fsp3) is 0.500. The molecule has 0 spiro atoms. The topological polar surface area (TPSA) is 37.3 Å². The number of aliphatic carboxylic acids is 1. The van der Waals surface area contributed by atoms with E-state index in [9.17, 15) is 4.79 Å². The summed E-state index contributed by atoms with van der Waals surface area (Å²) in [6, 6.07) is 6.34. The largest absolute Gasteiger partial charge is 0.481 e. The van der Waals surface area contributed by atoms with E-state index in [1.165, 1.54) is 16.7 Å². The molecule has 0 saturated carbocycles. The van der Waals surface area contributed by atoms with Gasteiger partial charge in [-0.25, -0.2) is 0 Å². The van der Waals surface area contributed by atoms with Gasteiger partial charge in [-0.3, -0.25) is 4.79 Å². The Hall–Kier alpha value is -1.31. The first-order valence-corrected chi connectivity index (χ1v) is 5.58. The molecule has 0 saturated heterocycles. The van der Waals surface area contributed by atoms with Crippen molar-refractivity contribution >= 4 is 5.97 Å². The van der Waals surface area contributed by atoms with Crippen molar-refractivity contribution in [2.75, 3.05) is 0 Å². The minimum Gasteiger partial charge on any atom is -0.481 e. The second-order valence-electron chi connectivity index (χ2n) is 5.34. The van der Waals surface area contributed by atoms with E-state index in [1.807, 2.05) is 13.8 Å². The Morgan fingerprint density at radius 1 is 1.31 bits per heavy atom. The number of carboxylic acids is 1. The van der Waals surface area contributed by atoms with Gasteiger partial charge in [-0.2, -0.15) is 0 Å². The quantitative estimate of drug-likeness (QED) is 0.845. The Kier molecular flexibility index (Phi) is 3.74. The van der Waals surface area contributed by atoms with Crippen LogP contribution < -0.4 is 0 Å². The number of carboxylic acid groups (broad SMARTS) is 1. The van der Waals surface area contributed by atoms with Crippen LogP contribution in [0.4, 0.5) is 0 Å². The van der Waals surface area contributed by atoms with E-state index in [1.54, 1.807) is 0 Å². The minimum absolute atomic E-state index is 0.190. The third kappa shape index (κ3) is 3.69. The van der Waals surface area contributed by atoms with Crippen molar-refractivity contribution in [2.45, 2.75) is 40.5 Å². The molecule has 0 aliphatic carbocycles. The number of hydrogen-bond acceptors (Lipinski definition) is 1. The highest BCUT2D eigenvalue weighted by Crippen LogP contribution is 2.27. The van der Waals surface area contributed by atoms with Crippen molar-refractivity contribution in [3.05, 3.63) is 34.9 Å². The third-order valence-electron chi connectivity index (χ3n) is 2.80. The molecule has 16 heavy (non-hydrogen) atoms. The molecule has 0 unspecified atom stereocenters. The lowest BCUT2D eigenvalue weighted by Crippen LogP contribution is -2.20. The Morgan fingerprint density at radius 2 is 1.94 bits per heavy atom. The van der Waals surface area contributed by atoms with Crippen molar-refractivity contribution in [1.29, 1.82) is 0 Å². The van der Waals surface area contributed by atoms with Gasteiger partial charge >= 0.3 is 5.97 Å². The summed E-state index contributed by atoms with van der Waals surface area (Å²) in [7, 11) is 0. The first-order chi connectivity index (χ1) is 7.30. The molecule has 0 heterocycles. The lowest BCUT2D eigenvalue weighted by molar-refractivity contribution is -0.139. The zero-order chi connectivity index (χ0) is 12.3. The van der Waals surface area contributed by atoms with Gasteiger partial charge in [-0.1, -0.05) is 37.6 Å². The predicted molar refractivity (Wildman–Crippen MR) is 65.7 cm³/mol. The molecule has 88 valence electrons. The summed E-state index contributed by atoms with van der Waals surface area (Å²) in [5, 5.41) is 8.85. The summed E-state index contributed by atoms with van der Waals surface area (Å²) < 4.78 is 0. The Morgan fingerprint density at radius 3 is 2.50 bits per heavy atom. The molecular formula is C14H20O2. The molecule has 1 aromatic rings. The highest BCUT2D eigenvalue weighted by molar-refractivity contribution is 5.67. The fourth-order valence-electron chi connectivity index (χ4n) is 1.98. The lowest BCUT2D eigenvalue weighted by atomic mass is 9.81. The van der Waals surface area contributed by atoms with Crippen LogP contribution in [-0.4, -0.2) is 11.1 Å². The monoisotopic (exact) mass is 220 g/mol. The van der Waals surface area contributed by atoms with Gasteiger partial charge in [0.2, 0.25) is 0 Å². The van der Waals surface area contributed by atoms with Crippen molar-refractivity contribution < 1.29 is 9.90 Å². The molecular weight excluding hydrogens is 200 g/mol. The molecule has 0 bridgehead atoms. The number of hydrogen-bond donors (Lipinski definition) is 1. The van der Waals surface area contributed by atoms with Gasteiger partial charge in [-0.15, -0.1) is 0 Å². The molecule has 0 aliphatic rings. The normalized spacial score (nSPS) is 11.5. The van der Waals surface area contributed by atoms with E-state index in [4.69, 9.17) is 5.11 Å². The Bertz CT molecular complexity index is 392. The van der Waals surface area contributed by atoms with E-state index >= 15 is 0 Å². The molecule has 1 N–H and O–H groups in total. The van der Waals surface area contributed by atoms with Crippen LogP contribution in [0.5, 0.6) is 0 Å². The van der Waals surface area contributed by atoms with E-state index in [2.05, 4.69) is 32.0 Å². The summed E-state index contributed by atoms with van der Waals surface area (Å²) >= 11 is 0. The first-order valence-electron chi connectivity index (χ1n) is 5.58. The molecule has 0 aromatic heterocycles. The van der Waals surface area contributed by atoms with Gasteiger partial charge in [0, 0.05) is 0 Å². The van der Waals surface area contributed by atoms with Crippen molar-refractivity contribution in [1.82, 2.24) is 0 Å². The average molecular weight is 220 g/mol. The highest BCUT2D eigenvalue weighted by Gasteiger charge is 2.22. The summed E-state index contributed by atoms with van der Waals surface area (Å²) in [4.78, 5) is 10.8. The number of carbonyl (C=O) groups is 1. The van der Waals surface area contributed by atoms with Crippen LogP contribution >= 0.6 is 0 Å². The number of aryl methyl sites for hydroxylation is 2. The minimum atomic E-state index is -0.727. The van der Waals surface area contributed by atoms with Gasteiger partial charge in [0.25, 0.3) is 0 Å². The Labute approximate surface area is 97.3 Å². The van der Waals surface area contributed by atoms with Crippen LogP contribution in [0.1, 0.15) is 37.0 Å². The molecule has 2 heteroatoms. The summed E-state index contributed by atoms with van der Waals surface area (Å²) in [5.41, 5.74) is 3.53. The van der Waals surface area contributed by atoms with Crippen LogP contribution in [0.3, 0.4) is 0 Å². The summed E-state index contributed by atoms with van der Waals surface area (Å²) in [6.07, 6.45) is 1.02. The fourth-order valence-corrected chi connectivity index (χ4v) is 1.98. The van der Waals surface area contributed by atoms with Gasteiger partial charge in [0.15, 0.2) is 0 Å². The smallest absolute Gasteiger partial charge is 0.303 e. The molecule has 1 rings (SSSR count). The maximum atomic E-state index is 10.8. The van der Waals surface area contributed by atoms with Crippen LogP contribution in [0.15, 0.2) is 18.2 Å². The van der Waals surface area contributed by atoms with Crippen LogP contribution in [-0.2, 0) is 11.2 Å². The van der Waals surface area contributed by atoms with Crippen molar-refractivity contribution in [3.63, 3.8) is 0 Å². The van der Waals surface area contributed by atoms with E-state index in [0.717, 1.165) is 6.42 Å². The third-order valence-corrected chi connectivity index (χ3v) is 2.80. The van der Waals surface area contributed by atoms with Crippen LogP contribution in [0.2, 0.25) is 0 Å². The maximum absolute atomic E-state index is 10.8. The average Bonchev–Trinajstić information content (AvgIpc) is 2.08. The Balaban J connectivity index is 2.86. The van der Waals surface area contributed by atoms with Gasteiger partial charge in [0.05, 0.1) is 6.42 Å². The lowest BCUT2D eigenvalue weighted by Gasteiger charge is -2.23. The highest BCUT2D eigenvalue weighted by atomic mass is 16.4. The maximum Gasteiger partial charge on any atom is 0.303 e. The molecule has 0 aliphatic heterocycles. The molecule has 0 fully saturated rings. The second kappa shape index (κ2) is 4.69. The zero-order valence-corrected chi connectivity index (χ0v) is 10.5.